The van der Waals surface area contributed by atoms with Gasteiger partial charge in [0.15, 0.2) is 0 Å². The first-order valence-electron chi connectivity index (χ1n) is 1.26. The van der Waals surface area contributed by atoms with Gasteiger partial charge in [0.1, 0.15) is 0 Å². The molecule has 0 atom stereocenters. The van der Waals surface area contributed by atoms with E-state index >= 15 is 0 Å². The van der Waals surface area contributed by atoms with Gasteiger partial charge in [-0.1, -0.05) is 0 Å². The van der Waals surface area contributed by atoms with E-state index in [2.05, 4.69) is 0 Å². The molecule has 0 aromatic heterocycles. The summed E-state index contributed by atoms with van der Waals surface area (Å²) in [7, 11) is -1.50. The maximum atomic E-state index is 7.12. The number of hydrogen-bond acceptors (Lipinski definition) is 4. The van der Waals surface area contributed by atoms with E-state index in [0.717, 1.165) is 0 Å². The molecule has 4 nitrogen and oxygen atoms in total. The van der Waals surface area contributed by atoms with Gasteiger partial charge in [-0.3, -0.25) is 0 Å². The Morgan fingerprint density at radius 2 is 0.667 bits per heavy atom. The van der Waals surface area contributed by atoms with Crippen LogP contribution in [-0.2, 0) is 0 Å². The van der Waals surface area contributed by atoms with Gasteiger partial charge in [0.2, 0.25) is 0 Å². The largest absolute Gasteiger partial charge is 0.432 e. The zero-order chi connectivity index (χ0) is 5.41. The lowest BCUT2D eigenvalue weighted by atomic mass is 10.5. The molecule has 0 saturated carbocycles. The lowest BCUT2D eigenvalue weighted by molar-refractivity contribution is 0.447. The molecule has 0 aliphatic carbocycles. The highest BCUT2D eigenvalue weighted by Crippen LogP contribution is 1.08. The second-order valence-electron chi connectivity index (χ2n) is 0.283. The molecule has 0 rings (SSSR count). The minimum atomic E-state index is -0.750. The van der Waals surface area contributed by atoms with Gasteiger partial charge >= 0.3 is 15.4 Å². The van der Waals surface area contributed by atoms with Gasteiger partial charge in [-0.05, 0) is 0 Å². The maximum absolute atomic E-state index is 7.12. The third-order valence-electron chi connectivity index (χ3n) is 0. The highest BCUT2D eigenvalue weighted by molar-refractivity contribution is 6.13. The second kappa shape index (κ2) is 20.2. The van der Waals surface area contributed by atoms with Crippen LogP contribution in [0.1, 0.15) is 0 Å². The van der Waals surface area contributed by atoms with E-state index in [4.69, 9.17) is 20.1 Å². The summed E-state index contributed by atoms with van der Waals surface area (Å²) >= 11 is 0. The Balaban J connectivity index is 0. The summed E-state index contributed by atoms with van der Waals surface area (Å²) in [6, 6.07) is 0. The molecule has 36 valence electrons. The monoisotopic (exact) mass is 92.0 g/mol. The highest BCUT2D eigenvalue weighted by atomic mass is 16.4. The first kappa shape index (κ1) is 9.36. The standard InChI is InChI=1S/2BH3O2/c2*2-1-3/h2*1-3H. The normalized spacial score (nSPS) is 4.67. The van der Waals surface area contributed by atoms with Crippen molar-refractivity contribution in [1.82, 2.24) is 0 Å². The van der Waals surface area contributed by atoms with Crippen molar-refractivity contribution in [3.63, 3.8) is 0 Å². The Kier molecular flexibility index (Phi) is 31.5. The van der Waals surface area contributed by atoms with Crippen molar-refractivity contribution in [2.75, 3.05) is 0 Å². The molecular formula is H6B2O4. The first-order valence-corrected chi connectivity index (χ1v) is 1.26. The van der Waals surface area contributed by atoms with Crippen LogP contribution in [0.3, 0.4) is 0 Å². The van der Waals surface area contributed by atoms with Crippen LogP contribution in [0.4, 0.5) is 0 Å². The third kappa shape index (κ3) is 38600. The van der Waals surface area contributed by atoms with Gasteiger partial charge in [0.05, 0.1) is 0 Å². The van der Waals surface area contributed by atoms with Crippen molar-refractivity contribution in [3.05, 3.63) is 0 Å². The minimum absolute atomic E-state index is 0.750. The van der Waals surface area contributed by atoms with Crippen LogP contribution >= 0.6 is 0 Å². The van der Waals surface area contributed by atoms with E-state index in [0.29, 0.717) is 0 Å². The zero-order valence-electron chi connectivity index (χ0n) is 3.20. The Labute approximate surface area is 36.7 Å². The summed E-state index contributed by atoms with van der Waals surface area (Å²) in [5, 5.41) is 28.5. The van der Waals surface area contributed by atoms with Gasteiger partial charge in [-0.15, -0.1) is 0 Å². The summed E-state index contributed by atoms with van der Waals surface area (Å²) < 4.78 is 0. The quantitative estimate of drug-likeness (QED) is 0.233. The van der Waals surface area contributed by atoms with Crippen LogP contribution in [0.25, 0.3) is 0 Å². The predicted octanol–water partition coefficient (Wildman–Crippen LogP) is -3.53. The molecule has 6 heteroatoms. The maximum Gasteiger partial charge on any atom is 0.432 e. The minimum Gasteiger partial charge on any atom is -0.430 e. The van der Waals surface area contributed by atoms with Crippen LogP contribution < -0.4 is 0 Å². The van der Waals surface area contributed by atoms with Crippen LogP contribution in [0, 0.1) is 0 Å². The summed E-state index contributed by atoms with van der Waals surface area (Å²) in [5.74, 6) is 0. The molecule has 0 aromatic carbocycles. The highest BCUT2D eigenvalue weighted by Gasteiger charge is 1.48. The lowest BCUT2D eigenvalue weighted by Crippen LogP contribution is -1.75. The summed E-state index contributed by atoms with van der Waals surface area (Å²) in [6.07, 6.45) is 0. The Morgan fingerprint density at radius 1 is 0.667 bits per heavy atom. The van der Waals surface area contributed by atoms with E-state index in [9.17, 15) is 0 Å². The zero-order valence-corrected chi connectivity index (χ0v) is 3.20. The predicted molar refractivity (Wildman–Crippen MR) is 23.2 cm³/mol. The second-order valence-corrected chi connectivity index (χ2v) is 0.283. The fourth-order valence-electron chi connectivity index (χ4n) is 0. The first-order chi connectivity index (χ1) is 2.83. The van der Waals surface area contributed by atoms with E-state index in [1.165, 1.54) is 0 Å². The van der Waals surface area contributed by atoms with Crippen LogP contribution in [0.15, 0.2) is 0 Å². The summed E-state index contributed by atoms with van der Waals surface area (Å²) in [5.41, 5.74) is 0. The average Bonchev–Trinajstić information content (AvgIpc) is 1.39. The Bertz CT molecular complexity index is 7.51. The molecular weight excluding hydrogens is 85.6 g/mol. The number of rotatable bonds is 0. The van der Waals surface area contributed by atoms with Crippen molar-refractivity contribution in [1.29, 1.82) is 0 Å². The number of hydrogen-bond donors (Lipinski definition) is 4. The van der Waals surface area contributed by atoms with Gasteiger partial charge < -0.3 is 20.1 Å². The van der Waals surface area contributed by atoms with Gasteiger partial charge in [-0.2, -0.15) is 0 Å². The fourth-order valence-corrected chi connectivity index (χ4v) is 0. The van der Waals surface area contributed by atoms with Gasteiger partial charge in [-0.25, -0.2) is 0 Å². The average molecular weight is 91.7 g/mol. The van der Waals surface area contributed by atoms with E-state index < -0.39 is 15.4 Å². The van der Waals surface area contributed by atoms with Crippen molar-refractivity contribution in [2.24, 2.45) is 0 Å². The summed E-state index contributed by atoms with van der Waals surface area (Å²) in [4.78, 5) is 0. The van der Waals surface area contributed by atoms with Gasteiger partial charge in [0.25, 0.3) is 0 Å². The molecule has 6 heavy (non-hydrogen) atoms. The molecule has 0 saturated heterocycles. The van der Waals surface area contributed by atoms with Crippen LogP contribution in [0.5, 0.6) is 0 Å². The topological polar surface area (TPSA) is 80.9 Å². The molecule has 0 aliphatic rings. The molecule has 0 fully saturated rings. The van der Waals surface area contributed by atoms with Crippen molar-refractivity contribution < 1.29 is 20.1 Å². The van der Waals surface area contributed by atoms with Crippen molar-refractivity contribution in [2.45, 2.75) is 0 Å². The molecule has 0 aromatic rings. The molecule has 0 amide bonds. The van der Waals surface area contributed by atoms with Crippen LogP contribution in [0.2, 0.25) is 0 Å². The lowest BCUT2D eigenvalue weighted by Gasteiger charge is -1.48. The van der Waals surface area contributed by atoms with Crippen molar-refractivity contribution >= 4 is 15.4 Å². The molecule has 0 aliphatic heterocycles. The van der Waals surface area contributed by atoms with Crippen LogP contribution in [-0.4, -0.2) is 35.5 Å². The van der Waals surface area contributed by atoms with E-state index in [-0.39, 0.29) is 0 Å². The Hall–Kier alpha value is -0.0301. The molecule has 0 bridgehead atoms. The SMILES string of the molecule is OBO.OBO. The molecule has 0 spiro atoms. The van der Waals surface area contributed by atoms with Crippen molar-refractivity contribution in [3.8, 4) is 0 Å². The smallest absolute Gasteiger partial charge is 0.430 e. The Morgan fingerprint density at radius 3 is 0.667 bits per heavy atom. The third-order valence-corrected chi connectivity index (χ3v) is 0. The van der Waals surface area contributed by atoms with E-state index in [1.807, 2.05) is 0 Å². The van der Waals surface area contributed by atoms with Gasteiger partial charge in [0, 0.05) is 0 Å². The molecule has 0 radical (unpaired) electrons. The summed E-state index contributed by atoms with van der Waals surface area (Å²) in [6.45, 7) is 0. The molecule has 0 unspecified atom stereocenters. The molecule has 4 N–H and O–H groups in total. The fraction of sp³-hybridized carbons (Fsp3) is 0. The molecule has 0 heterocycles. The van der Waals surface area contributed by atoms with E-state index in [1.54, 1.807) is 0 Å².